The van der Waals surface area contributed by atoms with Crippen LogP contribution in [-0.4, -0.2) is 14.1 Å². The summed E-state index contributed by atoms with van der Waals surface area (Å²) in [6.45, 7) is 0. The molecular formula is C20H17N7. The Morgan fingerprint density at radius 3 is 1.78 bits per heavy atom. The number of nitrogens with zero attached hydrogens (tertiary/aromatic N) is 7. The van der Waals surface area contributed by atoms with Crippen LogP contribution >= 0.6 is 0 Å². The molecule has 1 heterocycles. The van der Waals surface area contributed by atoms with E-state index < -0.39 is 0 Å². The van der Waals surface area contributed by atoms with E-state index in [1.165, 1.54) is 0 Å². The molecule has 0 atom stereocenters. The van der Waals surface area contributed by atoms with Gasteiger partial charge >= 0.3 is 0 Å². The summed E-state index contributed by atoms with van der Waals surface area (Å²) in [6.07, 6.45) is 0. The molecule has 7 heteroatoms. The van der Waals surface area contributed by atoms with Crippen LogP contribution in [0.3, 0.4) is 0 Å². The Morgan fingerprint density at radius 1 is 0.593 bits per heavy atom. The summed E-state index contributed by atoms with van der Waals surface area (Å²) < 4.78 is 0. The molecule has 3 aromatic carbocycles. The number of benzene rings is 3. The van der Waals surface area contributed by atoms with Crippen LogP contribution in [0.25, 0.3) is 0 Å². The van der Waals surface area contributed by atoms with Gasteiger partial charge in [0.2, 0.25) is 0 Å². The molecule has 0 N–H and O–H groups in total. The molecule has 27 heavy (non-hydrogen) atoms. The van der Waals surface area contributed by atoms with Crippen molar-refractivity contribution in [3.8, 4) is 0 Å². The minimum atomic E-state index is 0.637. The number of anilines is 1. The molecule has 7 nitrogen and oxygen atoms in total. The van der Waals surface area contributed by atoms with Crippen LogP contribution in [0.15, 0.2) is 97.4 Å². The fourth-order valence-corrected chi connectivity index (χ4v) is 2.62. The van der Waals surface area contributed by atoms with E-state index in [-0.39, 0.29) is 0 Å². The Kier molecular flexibility index (Phi) is 4.49. The van der Waals surface area contributed by atoms with Gasteiger partial charge in [-0.25, -0.2) is 0 Å². The first-order chi connectivity index (χ1) is 13.2. The van der Waals surface area contributed by atoms with E-state index >= 15 is 0 Å². The Balaban J connectivity index is 1.63. The molecule has 0 radical (unpaired) electrons. The zero-order chi connectivity index (χ0) is 18.6. The fraction of sp³-hybridized carbons (Fsp3) is 0.100. The molecule has 3 aromatic rings. The molecule has 1 aliphatic rings. The molecule has 0 saturated carbocycles. The van der Waals surface area contributed by atoms with Crippen molar-refractivity contribution in [2.75, 3.05) is 19.0 Å². The first-order valence-electron chi connectivity index (χ1n) is 8.46. The van der Waals surface area contributed by atoms with Crippen molar-refractivity contribution < 1.29 is 0 Å². The number of fused-ring (bicyclic) bond motifs is 1. The standard InChI is InChI=1S/C20H17N7/c1-27(2)19-13-6-5-10-16(19)23-21-14-8-3-4-9-15(14)22-24-17-11-7-12-18-20(17)26-25-18/h3-13H,1-2H3. The summed E-state index contributed by atoms with van der Waals surface area (Å²) in [6, 6.07) is 21.0. The predicted molar refractivity (Wildman–Crippen MR) is 106 cm³/mol. The Morgan fingerprint density at radius 2 is 1.15 bits per heavy atom. The zero-order valence-electron chi connectivity index (χ0n) is 15.0. The summed E-state index contributed by atoms with van der Waals surface area (Å²) in [5.41, 5.74) is 5.35. The van der Waals surface area contributed by atoms with Crippen molar-refractivity contribution in [2.24, 2.45) is 30.7 Å². The van der Waals surface area contributed by atoms with Gasteiger partial charge in [-0.1, -0.05) is 30.3 Å². The van der Waals surface area contributed by atoms with Crippen molar-refractivity contribution in [1.82, 2.24) is 0 Å². The van der Waals surface area contributed by atoms with Gasteiger partial charge in [0.1, 0.15) is 34.1 Å². The quantitative estimate of drug-likeness (QED) is 0.346. The van der Waals surface area contributed by atoms with Crippen LogP contribution in [-0.2, 0) is 0 Å². The van der Waals surface area contributed by atoms with Crippen molar-refractivity contribution in [2.45, 2.75) is 0 Å². The van der Waals surface area contributed by atoms with Gasteiger partial charge < -0.3 is 4.90 Å². The molecular weight excluding hydrogens is 338 g/mol. The summed E-state index contributed by atoms with van der Waals surface area (Å²) in [7, 11) is 3.95. The maximum absolute atomic E-state index is 4.40. The number of hydrogen-bond acceptors (Lipinski definition) is 7. The predicted octanol–water partition coefficient (Wildman–Crippen LogP) is 7.31. The molecule has 0 aromatic heterocycles. The van der Waals surface area contributed by atoms with E-state index in [0.29, 0.717) is 17.1 Å². The van der Waals surface area contributed by atoms with Crippen LogP contribution < -0.4 is 4.90 Å². The third-order valence-electron chi connectivity index (χ3n) is 4.03. The maximum Gasteiger partial charge on any atom is 0.141 e. The second-order valence-electron chi connectivity index (χ2n) is 6.12. The molecule has 0 spiro atoms. The van der Waals surface area contributed by atoms with Gasteiger partial charge in [0, 0.05) is 14.1 Å². The molecule has 1 aliphatic heterocycles. The van der Waals surface area contributed by atoms with Crippen molar-refractivity contribution >= 4 is 39.8 Å². The minimum absolute atomic E-state index is 0.637. The number of rotatable bonds is 5. The van der Waals surface area contributed by atoms with Crippen LogP contribution in [0.4, 0.5) is 39.8 Å². The average molecular weight is 355 g/mol. The molecule has 4 rings (SSSR count). The Bertz CT molecular complexity index is 1070. The lowest BCUT2D eigenvalue weighted by Gasteiger charge is -2.13. The largest absolute Gasteiger partial charge is 0.376 e. The molecule has 0 bridgehead atoms. The Hall–Kier alpha value is -3.74. The minimum Gasteiger partial charge on any atom is -0.376 e. The second kappa shape index (κ2) is 7.25. The first kappa shape index (κ1) is 16.7. The van der Waals surface area contributed by atoms with Crippen molar-refractivity contribution in [3.63, 3.8) is 0 Å². The highest BCUT2D eigenvalue weighted by molar-refractivity contribution is 5.78. The molecule has 0 saturated heterocycles. The fourth-order valence-electron chi connectivity index (χ4n) is 2.62. The van der Waals surface area contributed by atoms with Crippen LogP contribution in [0.5, 0.6) is 0 Å². The van der Waals surface area contributed by atoms with E-state index in [2.05, 4.69) is 30.7 Å². The number of azo groups is 3. The third kappa shape index (κ3) is 3.48. The van der Waals surface area contributed by atoms with Crippen LogP contribution in [0, 0.1) is 0 Å². The summed E-state index contributed by atoms with van der Waals surface area (Å²) >= 11 is 0. The highest BCUT2D eigenvalue weighted by Gasteiger charge is 2.13. The van der Waals surface area contributed by atoms with Gasteiger partial charge in [0.15, 0.2) is 0 Å². The molecule has 132 valence electrons. The normalized spacial score (nSPS) is 12.4. The average Bonchev–Trinajstić information content (AvgIpc) is 2.66. The highest BCUT2D eigenvalue weighted by atomic mass is 15.2. The van der Waals surface area contributed by atoms with Gasteiger partial charge in [-0.2, -0.15) is 0 Å². The summed E-state index contributed by atoms with van der Waals surface area (Å²) in [5, 5.41) is 25.4. The smallest absolute Gasteiger partial charge is 0.141 e. The topological polar surface area (TPSA) is 77.4 Å². The van der Waals surface area contributed by atoms with Gasteiger partial charge in [-0.05, 0) is 36.4 Å². The number of hydrogen-bond donors (Lipinski definition) is 0. The summed E-state index contributed by atoms with van der Waals surface area (Å²) in [4.78, 5) is 2.00. The van der Waals surface area contributed by atoms with E-state index in [1.54, 1.807) is 0 Å². The van der Waals surface area contributed by atoms with Crippen molar-refractivity contribution in [1.29, 1.82) is 0 Å². The van der Waals surface area contributed by atoms with Gasteiger partial charge in [-0.15, -0.1) is 30.7 Å². The summed E-state index contributed by atoms with van der Waals surface area (Å²) in [5.74, 6) is 0. The molecule has 0 aliphatic carbocycles. The third-order valence-corrected chi connectivity index (χ3v) is 4.03. The molecule has 0 fully saturated rings. The first-order valence-corrected chi connectivity index (χ1v) is 8.46. The lowest BCUT2D eigenvalue weighted by molar-refractivity contribution is 1.10. The lowest BCUT2D eigenvalue weighted by Crippen LogP contribution is -2.08. The van der Waals surface area contributed by atoms with E-state index in [4.69, 9.17) is 0 Å². The van der Waals surface area contributed by atoms with Crippen molar-refractivity contribution in [3.05, 3.63) is 66.7 Å². The van der Waals surface area contributed by atoms with E-state index in [1.807, 2.05) is 85.7 Å². The van der Waals surface area contributed by atoms with Gasteiger partial charge in [-0.3, -0.25) is 0 Å². The highest BCUT2D eigenvalue weighted by Crippen LogP contribution is 2.45. The van der Waals surface area contributed by atoms with E-state index in [9.17, 15) is 0 Å². The van der Waals surface area contributed by atoms with Gasteiger partial charge in [0.05, 0.1) is 5.69 Å². The SMILES string of the molecule is CN(C)c1ccccc1N=Nc1ccccc1N=Nc1cccc2c1N=N2. The Labute approximate surface area is 156 Å². The van der Waals surface area contributed by atoms with Crippen LogP contribution in [0.1, 0.15) is 0 Å². The molecule has 0 amide bonds. The second-order valence-corrected chi connectivity index (χ2v) is 6.12. The van der Waals surface area contributed by atoms with Crippen LogP contribution in [0.2, 0.25) is 0 Å². The maximum atomic E-state index is 4.40. The van der Waals surface area contributed by atoms with Gasteiger partial charge in [0.25, 0.3) is 0 Å². The van der Waals surface area contributed by atoms with E-state index in [0.717, 1.165) is 22.7 Å². The molecule has 0 unspecified atom stereocenters. The zero-order valence-corrected chi connectivity index (χ0v) is 15.0. The number of para-hydroxylation sites is 1. The monoisotopic (exact) mass is 355 g/mol. The lowest BCUT2D eigenvalue weighted by atomic mass is 10.2.